The summed E-state index contributed by atoms with van der Waals surface area (Å²) in [6.45, 7) is 26.4. The van der Waals surface area contributed by atoms with E-state index in [1.54, 1.807) is 39.0 Å². The second kappa shape index (κ2) is 35.4. The van der Waals surface area contributed by atoms with E-state index in [0.29, 0.717) is 45.0 Å². The molecule has 2 aromatic rings. The van der Waals surface area contributed by atoms with Crippen molar-refractivity contribution in [3.8, 4) is 5.75 Å². The number of methoxy groups -OCH3 is 1. The van der Waals surface area contributed by atoms with E-state index < -0.39 is 35.5 Å². The van der Waals surface area contributed by atoms with Crippen molar-refractivity contribution in [1.82, 2.24) is 16.0 Å². The number of carbonyl (C=O) groups is 7. The number of aliphatic hydroxyl groups is 1. The van der Waals surface area contributed by atoms with E-state index in [-0.39, 0.29) is 60.7 Å². The molecule has 16 nitrogen and oxygen atoms in total. The first-order valence-corrected chi connectivity index (χ1v) is 26.7. The topological polar surface area (TPSA) is 253 Å². The molecule has 2 aliphatic rings. The molecule has 0 spiro atoms. The van der Waals surface area contributed by atoms with Gasteiger partial charge in [-0.25, -0.2) is 9.18 Å². The van der Waals surface area contributed by atoms with Crippen LogP contribution < -0.4 is 32.3 Å². The molecule has 5 atom stereocenters. The third-order valence-electron chi connectivity index (χ3n) is 11.7. The summed E-state index contributed by atoms with van der Waals surface area (Å²) in [6.07, 6.45) is 7.00. The normalized spacial score (nSPS) is 15.3. The van der Waals surface area contributed by atoms with E-state index in [0.717, 1.165) is 60.5 Å². The fourth-order valence-electron chi connectivity index (χ4n) is 7.82. The maximum Gasteiger partial charge on any atom is 0.408 e. The number of phenolic OH excluding ortho intramolecular Hbond substituents is 1. The van der Waals surface area contributed by atoms with Gasteiger partial charge in [0.15, 0.2) is 12.1 Å². The van der Waals surface area contributed by atoms with Crippen molar-refractivity contribution in [2.45, 2.75) is 166 Å². The first-order chi connectivity index (χ1) is 34.9. The number of phenols is 1. The molecular formula is C56H87FN5O11P. The molecular weight excluding hydrogens is 969 g/mol. The summed E-state index contributed by atoms with van der Waals surface area (Å²) in [5.74, 6) is -1.34. The largest absolute Gasteiger partial charge is 0.506 e. The number of halogens is 1. The van der Waals surface area contributed by atoms with Crippen LogP contribution in [0.15, 0.2) is 52.6 Å². The van der Waals surface area contributed by atoms with Crippen LogP contribution in [0.2, 0.25) is 0 Å². The van der Waals surface area contributed by atoms with Crippen LogP contribution in [-0.2, 0) is 51.3 Å². The van der Waals surface area contributed by atoms with Gasteiger partial charge < -0.3 is 51.5 Å². The molecule has 2 aromatic carbocycles. The van der Waals surface area contributed by atoms with Crippen molar-refractivity contribution in [1.29, 1.82) is 0 Å². The number of Topliss-reactive ketones (excluding diaryl/α,β-unsaturated/α-hetero) is 1. The van der Waals surface area contributed by atoms with E-state index in [4.69, 9.17) is 14.3 Å². The Hall–Kier alpha value is -5.77. The Balaban J connectivity index is 0.00000131. The lowest BCUT2D eigenvalue weighted by atomic mass is 9.78. The number of hydrogen-bond donors (Lipinski definition) is 7. The molecule has 5 unspecified atom stereocenters. The molecule has 5 amide bonds. The van der Waals surface area contributed by atoms with Crippen LogP contribution in [0.25, 0.3) is 5.57 Å². The Morgan fingerprint density at radius 1 is 0.905 bits per heavy atom. The number of ketones is 1. The molecule has 1 aliphatic heterocycles. The molecule has 414 valence electrons. The highest BCUT2D eigenvalue weighted by atomic mass is 31.1. The summed E-state index contributed by atoms with van der Waals surface area (Å²) in [5, 5.41) is 30.9. The molecule has 1 heterocycles. The zero-order chi connectivity index (χ0) is 56.9. The van der Waals surface area contributed by atoms with Gasteiger partial charge in [-0.3, -0.25) is 24.0 Å². The number of anilines is 1. The maximum absolute atomic E-state index is 15.0. The number of rotatable bonds is 20. The van der Waals surface area contributed by atoms with E-state index in [9.17, 15) is 43.4 Å². The Bertz CT molecular complexity index is 2290. The molecule has 0 radical (unpaired) electrons. The second-order valence-corrected chi connectivity index (χ2v) is 20.0. The first kappa shape index (κ1) is 68.2. The number of amides is 5. The highest BCUT2D eigenvalue weighted by molar-refractivity contribution is 7.49. The Morgan fingerprint density at radius 3 is 2.00 bits per heavy atom. The first-order valence-electron chi connectivity index (χ1n) is 25.6. The van der Waals surface area contributed by atoms with Crippen molar-refractivity contribution in [2.24, 2.45) is 17.6 Å². The summed E-state index contributed by atoms with van der Waals surface area (Å²) in [4.78, 5) is 79.8. The number of aromatic hydroxyl groups is 1. The summed E-state index contributed by atoms with van der Waals surface area (Å²) < 4.78 is 24.9. The van der Waals surface area contributed by atoms with Crippen LogP contribution in [0.1, 0.15) is 151 Å². The van der Waals surface area contributed by atoms with Crippen molar-refractivity contribution >= 4 is 67.4 Å². The van der Waals surface area contributed by atoms with Gasteiger partial charge in [0.25, 0.3) is 0 Å². The van der Waals surface area contributed by atoms with Crippen molar-refractivity contribution in [3.63, 3.8) is 0 Å². The number of ether oxygens (including phenoxy) is 2. The van der Waals surface area contributed by atoms with Crippen molar-refractivity contribution in [2.75, 3.05) is 32.1 Å². The number of carbonyl (C=O) groups excluding carboxylic acids is 7. The van der Waals surface area contributed by atoms with Crippen LogP contribution in [0.4, 0.5) is 14.9 Å². The summed E-state index contributed by atoms with van der Waals surface area (Å²) in [5.41, 5.74) is 12.5. The molecule has 1 aliphatic carbocycles. The van der Waals surface area contributed by atoms with Gasteiger partial charge in [-0.05, 0) is 142 Å². The second-order valence-electron chi connectivity index (χ2n) is 18.6. The van der Waals surface area contributed by atoms with Crippen LogP contribution in [0.5, 0.6) is 5.75 Å². The summed E-state index contributed by atoms with van der Waals surface area (Å²) in [6, 6.07) is 6.36. The van der Waals surface area contributed by atoms with Gasteiger partial charge in [0.05, 0.1) is 25.4 Å². The van der Waals surface area contributed by atoms with E-state index in [1.807, 2.05) is 47.6 Å². The van der Waals surface area contributed by atoms with Crippen molar-refractivity contribution < 1.29 is 57.6 Å². The molecule has 0 fully saturated rings. The lowest BCUT2D eigenvalue weighted by Crippen LogP contribution is -2.44. The van der Waals surface area contributed by atoms with Crippen LogP contribution in [-0.4, -0.2) is 96.6 Å². The maximum atomic E-state index is 15.0. The average molecular weight is 1060 g/mol. The average Bonchev–Trinajstić information content (AvgIpc) is 3.36. The van der Waals surface area contributed by atoms with Crippen LogP contribution >= 0.6 is 8.58 Å². The quantitative estimate of drug-likeness (QED) is 0.0217. The summed E-state index contributed by atoms with van der Waals surface area (Å²) >= 11 is 0. The van der Waals surface area contributed by atoms with Crippen molar-refractivity contribution in [3.05, 3.63) is 80.7 Å². The molecule has 0 aromatic heterocycles. The zero-order valence-corrected chi connectivity index (χ0v) is 47.7. The zero-order valence-electron chi connectivity index (χ0n) is 46.7. The lowest BCUT2D eigenvalue weighted by Gasteiger charge is -2.37. The molecule has 74 heavy (non-hydrogen) atoms. The van der Waals surface area contributed by atoms with Crippen LogP contribution in [0.3, 0.4) is 0 Å². The van der Waals surface area contributed by atoms with Gasteiger partial charge in [0.2, 0.25) is 24.1 Å². The molecule has 0 saturated heterocycles. The summed E-state index contributed by atoms with van der Waals surface area (Å²) in [7, 11) is 1.89. The van der Waals surface area contributed by atoms with Gasteiger partial charge in [-0.2, -0.15) is 0 Å². The minimum absolute atomic E-state index is 0.0789. The predicted octanol–water partition coefficient (Wildman–Crippen LogP) is 8.56. The van der Waals surface area contributed by atoms with Gasteiger partial charge in [-0.1, -0.05) is 100 Å². The number of nitrogens with two attached hydrogens (primary N) is 1. The standard InChI is InChI=1S/C32H44FO3P.C19H28N4O7.2C2H6.CH3NO/c1-8-18(3)13-25(22(7)35)26(29(36)17-34)15-20(5)32-27(14-19(4)9-2)24-12-10-11-23-21(6)28(33)16-30(37-32)31(23)24;1-19(2,3)30-18(28)22-9-16(26)20-8-15(25)21-10-17(27)23-13-7-12(11-29-4)5-6-14(13)24;2*1-2;2-1-3/h15-19,29,32,36-37H,8-14H2,1-7H3;5-7,24H,8-11H2,1-4H3,(H,20,26)(H,21,25)(H,22,28)(H,23,27);2*1-2H3;1H,(H2,2,3)/b20-15+,26-25+;;;;. The highest BCUT2D eigenvalue weighted by Gasteiger charge is 2.34. The monoisotopic (exact) mass is 1060 g/mol. The third kappa shape index (κ3) is 23.2. The Morgan fingerprint density at radius 2 is 1.47 bits per heavy atom. The SMILES string of the molecule is CC.CC.CCC(C)CC1=C2CCCc3c(C)c(F)cc(c32)PC1/C(C)=C/C(=C(/CC(C)CC)C(C)=O)C(O)C=O.COCc1ccc(O)c(NC(=O)CNC(=O)CNC(=O)CNC(=O)OC(C)(C)C)c1.NC=O. The molecule has 0 saturated carbocycles. The number of primary amides is 1. The van der Waals surface area contributed by atoms with Gasteiger partial charge in [-0.15, -0.1) is 0 Å². The molecule has 18 heteroatoms. The molecule has 4 rings (SSSR count). The minimum Gasteiger partial charge on any atom is -0.506 e. The smallest absolute Gasteiger partial charge is 0.408 e. The lowest BCUT2D eigenvalue weighted by molar-refractivity contribution is -0.126. The number of alkyl carbamates (subject to hydrolysis) is 1. The fraction of sp³-hybridized carbons (Fsp3) is 0.554. The Kier molecular flexibility index (Phi) is 32.7. The number of aliphatic hydroxyl groups excluding tert-OH is 1. The van der Waals surface area contributed by atoms with Gasteiger partial charge in [0, 0.05) is 18.3 Å². The molecule has 0 bridgehead atoms. The number of hydrogen-bond acceptors (Lipinski definition) is 11. The number of aldehydes is 1. The fourth-order valence-corrected chi connectivity index (χ4v) is 9.57. The van der Waals surface area contributed by atoms with E-state index >= 15 is 0 Å². The van der Waals surface area contributed by atoms with E-state index in [2.05, 4.69) is 54.7 Å². The molecule has 8 N–H and O–H groups in total. The third-order valence-corrected chi connectivity index (χ3v) is 13.5. The Labute approximate surface area is 441 Å². The van der Waals surface area contributed by atoms with E-state index in [1.165, 1.54) is 42.4 Å². The minimum atomic E-state index is -1.34. The van der Waals surface area contributed by atoms with Gasteiger partial charge in [0.1, 0.15) is 29.8 Å². The highest BCUT2D eigenvalue weighted by Crippen LogP contribution is 2.49. The van der Waals surface area contributed by atoms with Gasteiger partial charge >= 0.3 is 6.09 Å². The predicted molar refractivity (Wildman–Crippen MR) is 295 cm³/mol. The number of benzene rings is 2. The van der Waals surface area contributed by atoms with Crippen LogP contribution in [0, 0.1) is 24.6 Å². The number of allylic oxidation sites excluding steroid dienone is 4. The number of nitrogens with one attached hydrogen (secondary N) is 4.